The fourth-order valence-corrected chi connectivity index (χ4v) is 4.27. The minimum Gasteiger partial charge on any atom is -0.393 e. The third-order valence-corrected chi connectivity index (χ3v) is 6.27. The summed E-state index contributed by atoms with van der Waals surface area (Å²) in [6.45, 7) is 8.44. The first-order valence-electron chi connectivity index (χ1n) is 11.0. The molecule has 2 aromatic carbocycles. The molecule has 1 atom stereocenters. The Morgan fingerprint density at radius 2 is 1.75 bits per heavy atom. The predicted octanol–water partition coefficient (Wildman–Crippen LogP) is 4.88. The second-order valence-corrected chi connectivity index (χ2v) is 9.83. The van der Waals surface area contributed by atoms with Crippen LogP contribution >= 0.6 is 11.6 Å². The average Bonchev–Trinajstić information content (AvgIpc) is 3.25. The van der Waals surface area contributed by atoms with E-state index in [1.165, 1.54) is 5.56 Å². The van der Waals surface area contributed by atoms with E-state index in [1.54, 1.807) is 5.01 Å². The smallest absolute Gasteiger partial charge is 0.172 e. The van der Waals surface area contributed by atoms with Crippen molar-refractivity contribution >= 4 is 28.9 Å². The molecule has 1 fully saturated rings. The van der Waals surface area contributed by atoms with Crippen molar-refractivity contribution in [1.82, 2.24) is 9.97 Å². The first-order chi connectivity index (χ1) is 15.2. The SMILES string of the molecule is CC(C)(C)c1nc(N(N)Cc2ccccc2Cl)c(N)c(N2CCC(c3ccccc3)C2)n1. The molecule has 4 rings (SSSR count). The maximum Gasteiger partial charge on any atom is 0.172 e. The molecule has 1 aliphatic rings. The number of anilines is 3. The maximum absolute atomic E-state index is 6.63. The summed E-state index contributed by atoms with van der Waals surface area (Å²) in [6, 6.07) is 18.3. The molecule has 6 nitrogen and oxygen atoms in total. The second-order valence-electron chi connectivity index (χ2n) is 9.42. The summed E-state index contributed by atoms with van der Waals surface area (Å²) in [6.07, 6.45) is 1.06. The van der Waals surface area contributed by atoms with E-state index >= 15 is 0 Å². The highest BCUT2D eigenvalue weighted by molar-refractivity contribution is 6.31. The van der Waals surface area contributed by atoms with Crippen molar-refractivity contribution in [2.75, 3.05) is 28.7 Å². The van der Waals surface area contributed by atoms with Gasteiger partial charge in [-0.05, 0) is 23.6 Å². The zero-order valence-corrected chi connectivity index (χ0v) is 19.7. The fraction of sp³-hybridized carbons (Fsp3) is 0.360. The minimum atomic E-state index is -0.249. The Morgan fingerprint density at radius 1 is 1.06 bits per heavy atom. The van der Waals surface area contributed by atoms with Crippen LogP contribution in [0.25, 0.3) is 0 Å². The van der Waals surface area contributed by atoms with Crippen LogP contribution < -0.4 is 21.5 Å². The van der Waals surface area contributed by atoms with E-state index in [1.807, 2.05) is 24.3 Å². The molecule has 7 heteroatoms. The molecule has 168 valence electrons. The van der Waals surface area contributed by atoms with Gasteiger partial charge in [-0.15, -0.1) is 0 Å². The summed E-state index contributed by atoms with van der Waals surface area (Å²) in [5, 5.41) is 2.24. The Labute approximate surface area is 195 Å². The Balaban J connectivity index is 1.68. The molecule has 0 spiro atoms. The molecule has 0 radical (unpaired) electrons. The topological polar surface area (TPSA) is 84.3 Å². The monoisotopic (exact) mass is 450 g/mol. The summed E-state index contributed by atoms with van der Waals surface area (Å²) in [7, 11) is 0. The molecule has 4 N–H and O–H groups in total. The molecule has 0 saturated carbocycles. The van der Waals surface area contributed by atoms with Crippen LogP contribution in [0.3, 0.4) is 0 Å². The van der Waals surface area contributed by atoms with Gasteiger partial charge in [0.15, 0.2) is 11.6 Å². The van der Waals surface area contributed by atoms with E-state index < -0.39 is 0 Å². The summed E-state index contributed by atoms with van der Waals surface area (Å²) in [5.74, 6) is 8.93. The molecular formula is C25H31ClN6. The number of hydrogen-bond donors (Lipinski definition) is 2. The van der Waals surface area contributed by atoms with Gasteiger partial charge in [0, 0.05) is 29.4 Å². The van der Waals surface area contributed by atoms with Crippen molar-refractivity contribution in [3.05, 3.63) is 76.6 Å². The minimum absolute atomic E-state index is 0.249. The number of halogens is 1. The van der Waals surface area contributed by atoms with Crippen molar-refractivity contribution < 1.29 is 0 Å². The van der Waals surface area contributed by atoms with Gasteiger partial charge in [0.2, 0.25) is 0 Å². The largest absolute Gasteiger partial charge is 0.393 e. The van der Waals surface area contributed by atoms with Crippen LogP contribution in [0.1, 0.15) is 50.1 Å². The van der Waals surface area contributed by atoms with Gasteiger partial charge in [-0.25, -0.2) is 15.8 Å². The Kier molecular flexibility index (Phi) is 6.26. The van der Waals surface area contributed by atoms with Gasteiger partial charge in [-0.2, -0.15) is 0 Å². The number of nitrogens with two attached hydrogens (primary N) is 2. The highest BCUT2D eigenvalue weighted by Crippen LogP contribution is 2.37. The summed E-state index contributed by atoms with van der Waals surface area (Å²) in [5.41, 5.74) is 9.14. The summed E-state index contributed by atoms with van der Waals surface area (Å²) < 4.78 is 0. The molecule has 3 aromatic rings. The molecule has 2 heterocycles. The lowest BCUT2D eigenvalue weighted by Gasteiger charge is -2.28. The standard InChI is InChI=1S/C25H31ClN6/c1-25(2,3)24-29-22(31-14-13-18(15-31)17-9-5-4-6-10-17)21(27)23(30-24)32(28)16-19-11-7-8-12-20(19)26/h4-12,18H,13-16,27-28H2,1-3H3. The normalized spacial score (nSPS) is 16.4. The van der Waals surface area contributed by atoms with E-state index in [4.69, 9.17) is 33.1 Å². The summed E-state index contributed by atoms with van der Waals surface area (Å²) >= 11 is 6.35. The molecule has 32 heavy (non-hydrogen) atoms. The zero-order valence-electron chi connectivity index (χ0n) is 18.9. The van der Waals surface area contributed by atoms with Crippen LogP contribution in [0, 0.1) is 0 Å². The van der Waals surface area contributed by atoms with Crippen molar-refractivity contribution in [1.29, 1.82) is 0 Å². The lowest BCUT2D eigenvalue weighted by Crippen LogP contribution is -2.34. The number of benzene rings is 2. The van der Waals surface area contributed by atoms with E-state index in [2.05, 4.69) is 56.0 Å². The maximum atomic E-state index is 6.63. The number of hydrogen-bond acceptors (Lipinski definition) is 6. The molecule has 1 saturated heterocycles. The predicted molar refractivity (Wildman–Crippen MR) is 133 cm³/mol. The molecule has 1 unspecified atom stereocenters. The Bertz CT molecular complexity index is 1080. The average molecular weight is 451 g/mol. The molecule has 1 aliphatic heterocycles. The van der Waals surface area contributed by atoms with Crippen LogP contribution in [0.4, 0.5) is 17.3 Å². The van der Waals surface area contributed by atoms with E-state index in [9.17, 15) is 0 Å². The van der Waals surface area contributed by atoms with Crippen molar-refractivity contribution in [3.8, 4) is 0 Å². The molecule has 0 bridgehead atoms. The van der Waals surface area contributed by atoms with Crippen LogP contribution in [-0.2, 0) is 12.0 Å². The molecular weight excluding hydrogens is 420 g/mol. The van der Waals surface area contributed by atoms with Gasteiger partial charge in [0.25, 0.3) is 0 Å². The highest BCUT2D eigenvalue weighted by atomic mass is 35.5. The molecule has 0 aliphatic carbocycles. The van der Waals surface area contributed by atoms with Crippen LogP contribution in [0.15, 0.2) is 54.6 Å². The number of rotatable bonds is 5. The number of aromatic nitrogens is 2. The quantitative estimate of drug-likeness (QED) is 0.425. The van der Waals surface area contributed by atoms with Crippen LogP contribution in [0.2, 0.25) is 5.02 Å². The molecule has 1 aromatic heterocycles. The van der Waals surface area contributed by atoms with E-state index in [0.717, 1.165) is 36.7 Å². The molecule has 0 amide bonds. The van der Waals surface area contributed by atoms with Crippen molar-refractivity contribution in [3.63, 3.8) is 0 Å². The lowest BCUT2D eigenvalue weighted by molar-refractivity contribution is 0.543. The number of nitrogens with zero attached hydrogens (tertiary/aromatic N) is 4. The number of hydrazine groups is 1. The summed E-state index contributed by atoms with van der Waals surface area (Å²) in [4.78, 5) is 11.9. The lowest BCUT2D eigenvalue weighted by atomic mass is 9.95. The van der Waals surface area contributed by atoms with Gasteiger partial charge in [0.05, 0.1) is 6.54 Å². The van der Waals surface area contributed by atoms with Crippen molar-refractivity contribution in [2.45, 2.75) is 45.1 Å². The Morgan fingerprint density at radius 3 is 2.44 bits per heavy atom. The van der Waals surface area contributed by atoms with Gasteiger partial charge < -0.3 is 10.6 Å². The third kappa shape index (κ3) is 4.66. The first kappa shape index (κ1) is 22.4. The zero-order chi connectivity index (χ0) is 22.9. The first-order valence-corrected chi connectivity index (χ1v) is 11.4. The van der Waals surface area contributed by atoms with Crippen LogP contribution in [-0.4, -0.2) is 23.1 Å². The Hall–Kier alpha value is -2.83. The van der Waals surface area contributed by atoms with Crippen LogP contribution in [0.5, 0.6) is 0 Å². The number of nitrogen functional groups attached to an aromatic ring is 1. The van der Waals surface area contributed by atoms with E-state index in [-0.39, 0.29) is 5.41 Å². The van der Waals surface area contributed by atoms with Gasteiger partial charge in [-0.1, -0.05) is 80.9 Å². The van der Waals surface area contributed by atoms with Crippen molar-refractivity contribution in [2.24, 2.45) is 5.84 Å². The van der Waals surface area contributed by atoms with Gasteiger partial charge in [0.1, 0.15) is 11.5 Å². The second kappa shape index (κ2) is 8.96. The highest BCUT2D eigenvalue weighted by Gasteiger charge is 2.30. The third-order valence-electron chi connectivity index (χ3n) is 5.91. The fourth-order valence-electron chi connectivity index (χ4n) is 4.08. The van der Waals surface area contributed by atoms with E-state index in [0.29, 0.717) is 29.0 Å². The van der Waals surface area contributed by atoms with Gasteiger partial charge >= 0.3 is 0 Å². The van der Waals surface area contributed by atoms with Gasteiger partial charge in [-0.3, -0.25) is 5.01 Å².